The van der Waals surface area contributed by atoms with Crippen molar-refractivity contribution in [3.05, 3.63) is 22.4 Å². The summed E-state index contributed by atoms with van der Waals surface area (Å²) in [6.07, 6.45) is 2.93. The van der Waals surface area contributed by atoms with Crippen LogP contribution in [0, 0.1) is 0 Å². The van der Waals surface area contributed by atoms with E-state index in [9.17, 15) is 4.79 Å². The Balaban J connectivity index is 1.78. The van der Waals surface area contributed by atoms with Crippen LogP contribution in [-0.2, 0) is 4.79 Å². The van der Waals surface area contributed by atoms with Crippen LogP contribution in [0.1, 0.15) is 37.1 Å². The van der Waals surface area contributed by atoms with Crippen molar-refractivity contribution in [2.24, 2.45) is 0 Å². The van der Waals surface area contributed by atoms with Gasteiger partial charge < -0.3 is 10.6 Å². The topological polar surface area (TPSA) is 41.1 Å². The zero-order valence-electron chi connectivity index (χ0n) is 9.53. The third-order valence-electron chi connectivity index (χ3n) is 2.94. The van der Waals surface area contributed by atoms with E-state index in [1.54, 1.807) is 11.3 Å². The van der Waals surface area contributed by atoms with Crippen molar-refractivity contribution in [3.63, 3.8) is 0 Å². The van der Waals surface area contributed by atoms with Crippen LogP contribution in [0.4, 0.5) is 0 Å². The Kier molecular flexibility index (Phi) is 3.96. The predicted molar refractivity (Wildman–Crippen MR) is 66.5 cm³/mol. The lowest BCUT2D eigenvalue weighted by Gasteiger charge is -2.14. The van der Waals surface area contributed by atoms with Gasteiger partial charge in [0.1, 0.15) is 0 Å². The summed E-state index contributed by atoms with van der Waals surface area (Å²) >= 11 is 1.69. The molecule has 4 heteroatoms. The van der Waals surface area contributed by atoms with Gasteiger partial charge in [0.25, 0.3) is 0 Å². The highest BCUT2D eigenvalue weighted by atomic mass is 32.1. The molecule has 1 amide bonds. The minimum absolute atomic E-state index is 0.133. The van der Waals surface area contributed by atoms with E-state index in [2.05, 4.69) is 16.7 Å². The van der Waals surface area contributed by atoms with E-state index in [1.807, 2.05) is 18.4 Å². The van der Waals surface area contributed by atoms with Crippen LogP contribution in [0.5, 0.6) is 0 Å². The highest BCUT2D eigenvalue weighted by Crippen LogP contribution is 2.18. The van der Waals surface area contributed by atoms with Gasteiger partial charge in [-0.3, -0.25) is 4.79 Å². The number of amides is 1. The molecule has 16 heavy (non-hydrogen) atoms. The predicted octanol–water partition coefficient (Wildman–Crippen LogP) is 2.07. The first-order valence-electron chi connectivity index (χ1n) is 5.82. The van der Waals surface area contributed by atoms with E-state index in [1.165, 1.54) is 11.3 Å². The monoisotopic (exact) mass is 238 g/mol. The van der Waals surface area contributed by atoms with E-state index in [0.717, 1.165) is 13.0 Å². The molecule has 1 aliphatic heterocycles. The maximum Gasteiger partial charge on any atom is 0.222 e. The lowest BCUT2D eigenvalue weighted by atomic mass is 10.1. The molecular weight excluding hydrogens is 220 g/mol. The minimum Gasteiger partial charge on any atom is -0.349 e. The second-order valence-corrected chi connectivity index (χ2v) is 5.28. The van der Waals surface area contributed by atoms with Gasteiger partial charge in [-0.25, -0.2) is 0 Å². The van der Waals surface area contributed by atoms with Gasteiger partial charge in [-0.2, -0.15) is 0 Å². The summed E-state index contributed by atoms with van der Waals surface area (Å²) in [7, 11) is 0. The molecule has 1 aromatic rings. The second-order valence-electron chi connectivity index (χ2n) is 4.30. The molecule has 0 saturated carbocycles. The molecule has 1 aromatic heterocycles. The summed E-state index contributed by atoms with van der Waals surface area (Å²) in [5, 5.41) is 8.42. The Labute approximate surface area is 100 Å². The summed E-state index contributed by atoms with van der Waals surface area (Å²) in [5.74, 6) is 0.153. The molecule has 2 rings (SSSR count). The second kappa shape index (κ2) is 5.46. The highest BCUT2D eigenvalue weighted by molar-refractivity contribution is 7.10. The molecule has 2 atom stereocenters. The Morgan fingerprint density at radius 3 is 3.25 bits per heavy atom. The molecule has 2 N–H and O–H groups in total. The van der Waals surface area contributed by atoms with Crippen LogP contribution < -0.4 is 10.6 Å². The van der Waals surface area contributed by atoms with Crippen molar-refractivity contribution in [2.45, 2.75) is 38.3 Å². The summed E-state index contributed by atoms with van der Waals surface area (Å²) in [6, 6.07) is 4.59. The normalized spacial score (nSPS) is 21.9. The molecule has 0 spiro atoms. The summed E-state index contributed by atoms with van der Waals surface area (Å²) in [4.78, 5) is 13.0. The number of carbonyl (C=O) groups excluding carboxylic acids is 1. The lowest BCUT2D eigenvalue weighted by molar-refractivity contribution is -0.122. The SMILES string of the molecule is C[C@@H](NC(=O)CC1CCCN1)c1cccs1. The maximum atomic E-state index is 11.8. The molecule has 0 aliphatic carbocycles. The average Bonchev–Trinajstić information content (AvgIpc) is 2.88. The maximum absolute atomic E-state index is 11.8. The van der Waals surface area contributed by atoms with Crippen LogP contribution in [-0.4, -0.2) is 18.5 Å². The summed E-state index contributed by atoms with van der Waals surface area (Å²) in [5.41, 5.74) is 0. The quantitative estimate of drug-likeness (QED) is 0.843. The first-order valence-corrected chi connectivity index (χ1v) is 6.70. The van der Waals surface area contributed by atoms with Gasteiger partial charge >= 0.3 is 0 Å². The first kappa shape index (κ1) is 11.6. The Morgan fingerprint density at radius 1 is 1.75 bits per heavy atom. The zero-order chi connectivity index (χ0) is 11.4. The number of rotatable bonds is 4. The van der Waals surface area contributed by atoms with Crippen molar-refractivity contribution < 1.29 is 4.79 Å². The van der Waals surface area contributed by atoms with Gasteiger partial charge in [-0.05, 0) is 37.8 Å². The molecule has 0 bridgehead atoms. The number of nitrogens with one attached hydrogen (secondary N) is 2. The number of hydrogen-bond acceptors (Lipinski definition) is 3. The van der Waals surface area contributed by atoms with Gasteiger partial charge in [-0.1, -0.05) is 6.07 Å². The van der Waals surface area contributed by atoms with Crippen LogP contribution in [0.2, 0.25) is 0 Å². The van der Waals surface area contributed by atoms with Gasteiger partial charge in [-0.15, -0.1) is 11.3 Å². The van der Waals surface area contributed by atoms with Gasteiger partial charge in [0.05, 0.1) is 6.04 Å². The van der Waals surface area contributed by atoms with Crippen LogP contribution in [0.25, 0.3) is 0 Å². The fourth-order valence-corrected chi connectivity index (χ4v) is 2.80. The van der Waals surface area contributed by atoms with E-state index < -0.39 is 0 Å². The smallest absolute Gasteiger partial charge is 0.222 e. The molecule has 2 heterocycles. The molecule has 0 aromatic carbocycles. The number of carbonyl (C=O) groups is 1. The van der Waals surface area contributed by atoms with Crippen molar-refractivity contribution in [1.82, 2.24) is 10.6 Å². The van der Waals surface area contributed by atoms with E-state index in [4.69, 9.17) is 0 Å². The minimum atomic E-state index is 0.133. The third-order valence-corrected chi connectivity index (χ3v) is 4.00. The van der Waals surface area contributed by atoms with Gasteiger partial charge in [0.15, 0.2) is 0 Å². The first-order chi connectivity index (χ1) is 7.75. The fourth-order valence-electron chi connectivity index (χ4n) is 2.06. The largest absolute Gasteiger partial charge is 0.349 e. The zero-order valence-corrected chi connectivity index (χ0v) is 10.3. The summed E-state index contributed by atoms with van der Waals surface area (Å²) in [6.45, 7) is 3.09. The van der Waals surface area contributed by atoms with Gasteiger partial charge in [0.2, 0.25) is 5.91 Å². The standard InChI is InChI=1S/C12H18N2OS/c1-9(11-5-3-7-16-11)14-12(15)8-10-4-2-6-13-10/h3,5,7,9-10,13H,2,4,6,8H2,1H3,(H,14,15)/t9-,10?/m1/s1. The Morgan fingerprint density at radius 2 is 2.62 bits per heavy atom. The molecule has 88 valence electrons. The highest BCUT2D eigenvalue weighted by Gasteiger charge is 2.18. The fraction of sp³-hybridized carbons (Fsp3) is 0.583. The van der Waals surface area contributed by atoms with E-state index in [0.29, 0.717) is 12.5 Å². The lowest BCUT2D eigenvalue weighted by Crippen LogP contribution is -2.33. The molecule has 1 unspecified atom stereocenters. The van der Waals surface area contributed by atoms with E-state index >= 15 is 0 Å². The van der Waals surface area contributed by atoms with Crippen molar-refractivity contribution >= 4 is 17.2 Å². The molecular formula is C12H18N2OS. The molecule has 1 aliphatic rings. The van der Waals surface area contributed by atoms with Gasteiger partial charge in [0, 0.05) is 17.3 Å². The Bertz CT molecular complexity index is 331. The van der Waals surface area contributed by atoms with Crippen LogP contribution >= 0.6 is 11.3 Å². The van der Waals surface area contributed by atoms with Crippen LogP contribution in [0.15, 0.2) is 17.5 Å². The number of hydrogen-bond donors (Lipinski definition) is 2. The third kappa shape index (κ3) is 3.06. The summed E-state index contributed by atoms with van der Waals surface area (Å²) < 4.78 is 0. The van der Waals surface area contributed by atoms with E-state index in [-0.39, 0.29) is 11.9 Å². The van der Waals surface area contributed by atoms with Crippen molar-refractivity contribution in [2.75, 3.05) is 6.54 Å². The van der Waals surface area contributed by atoms with Crippen molar-refractivity contribution in [3.8, 4) is 0 Å². The molecule has 1 saturated heterocycles. The number of thiophene rings is 1. The van der Waals surface area contributed by atoms with Crippen molar-refractivity contribution in [1.29, 1.82) is 0 Å². The van der Waals surface area contributed by atoms with Crippen LogP contribution in [0.3, 0.4) is 0 Å². The average molecular weight is 238 g/mol. The molecule has 0 radical (unpaired) electrons. The molecule has 3 nitrogen and oxygen atoms in total. The molecule has 1 fully saturated rings. The Hall–Kier alpha value is -0.870.